The first-order valence-electron chi connectivity index (χ1n) is 11.9. The van der Waals surface area contributed by atoms with E-state index in [1.807, 2.05) is 0 Å². The zero-order valence-corrected chi connectivity index (χ0v) is 20.6. The summed E-state index contributed by atoms with van der Waals surface area (Å²) in [6, 6.07) is 3.07. The van der Waals surface area contributed by atoms with Crippen molar-refractivity contribution in [2.45, 2.75) is 52.6 Å². The van der Waals surface area contributed by atoms with E-state index in [9.17, 15) is 20.2 Å². The Bertz CT molecular complexity index is 909. The Morgan fingerprint density at radius 3 is 1.53 bits per heavy atom. The number of piperidine rings is 2. The Morgan fingerprint density at radius 1 is 0.824 bits per heavy atom. The predicted molar refractivity (Wildman–Crippen MR) is 128 cm³/mol. The number of rotatable bonds is 6. The van der Waals surface area contributed by atoms with Crippen molar-refractivity contribution in [2.24, 2.45) is 11.8 Å². The summed E-state index contributed by atoms with van der Waals surface area (Å²) in [5, 5.41) is 30.2. The zero-order chi connectivity index (χ0) is 24.8. The summed E-state index contributed by atoms with van der Waals surface area (Å²) in [6.07, 6.45) is 4.57. The summed E-state index contributed by atoms with van der Waals surface area (Å²) in [5.74, 6) is 1.14. The fraction of sp³-hybridized carbons (Fsp3) is 0.727. The van der Waals surface area contributed by atoms with Gasteiger partial charge in [0.2, 0.25) is 0 Å². The standard InChI is InChI=1S/2C11H18N4O2/c2*1-9-6-11(15(16)17)14(12-9)8-10-4-3-5-13(2)7-10/h2*6,10H,3-5,7-8H2,1-2H3. The molecule has 2 aliphatic heterocycles. The molecule has 0 saturated carbocycles. The normalized spacial score (nSPS) is 21.6. The third-order valence-corrected chi connectivity index (χ3v) is 6.44. The van der Waals surface area contributed by atoms with Crippen LogP contribution in [0.3, 0.4) is 0 Å². The Balaban J connectivity index is 0.000000191. The van der Waals surface area contributed by atoms with Crippen molar-refractivity contribution in [1.29, 1.82) is 0 Å². The Labute approximate surface area is 199 Å². The number of hydrogen-bond acceptors (Lipinski definition) is 8. The van der Waals surface area contributed by atoms with E-state index in [4.69, 9.17) is 0 Å². The quantitative estimate of drug-likeness (QED) is 0.460. The summed E-state index contributed by atoms with van der Waals surface area (Å²) in [6.45, 7) is 9.11. The summed E-state index contributed by atoms with van der Waals surface area (Å²) in [7, 11) is 4.18. The van der Waals surface area contributed by atoms with Crippen molar-refractivity contribution in [3.05, 3.63) is 43.7 Å². The molecule has 12 nitrogen and oxygen atoms in total. The highest BCUT2D eigenvalue weighted by Crippen LogP contribution is 2.22. The van der Waals surface area contributed by atoms with Crippen molar-refractivity contribution in [1.82, 2.24) is 29.4 Å². The van der Waals surface area contributed by atoms with Gasteiger partial charge in [-0.1, -0.05) is 10.2 Å². The van der Waals surface area contributed by atoms with Crippen LogP contribution in [0, 0.1) is 45.9 Å². The van der Waals surface area contributed by atoms with Crippen LogP contribution in [-0.2, 0) is 13.1 Å². The third-order valence-electron chi connectivity index (χ3n) is 6.44. The van der Waals surface area contributed by atoms with E-state index in [1.54, 1.807) is 23.2 Å². The van der Waals surface area contributed by atoms with E-state index in [-0.39, 0.29) is 21.5 Å². The Hall–Kier alpha value is -2.86. The molecule has 0 N–H and O–H groups in total. The maximum atomic E-state index is 10.9. The number of nitrogens with zero attached hydrogens (tertiary/aromatic N) is 8. The molecule has 4 rings (SSSR count). The highest BCUT2D eigenvalue weighted by atomic mass is 16.6. The van der Waals surface area contributed by atoms with Crippen molar-refractivity contribution >= 4 is 11.6 Å². The minimum atomic E-state index is -0.355. The molecule has 2 aliphatic rings. The van der Waals surface area contributed by atoms with Gasteiger partial charge in [-0.3, -0.25) is 0 Å². The molecule has 0 radical (unpaired) electrons. The maximum Gasteiger partial charge on any atom is 0.345 e. The van der Waals surface area contributed by atoms with E-state index in [2.05, 4.69) is 34.1 Å². The molecule has 0 aliphatic carbocycles. The van der Waals surface area contributed by atoms with E-state index in [0.717, 1.165) is 51.9 Å². The first-order chi connectivity index (χ1) is 16.1. The second kappa shape index (κ2) is 11.5. The molecule has 2 atom stereocenters. The molecule has 2 unspecified atom stereocenters. The molecule has 4 heterocycles. The summed E-state index contributed by atoms with van der Waals surface area (Å²) in [4.78, 5) is 25.6. The number of nitro groups is 2. The molecule has 12 heteroatoms. The van der Waals surface area contributed by atoms with Crippen molar-refractivity contribution in [3.63, 3.8) is 0 Å². The van der Waals surface area contributed by atoms with E-state index in [1.165, 1.54) is 12.1 Å². The van der Waals surface area contributed by atoms with Crippen LogP contribution < -0.4 is 0 Å². The molecule has 0 bridgehead atoms. The first kappa shape index (κ1) is 25.8. The smallest absolute Gasteiger partial charge is 0.345 e. The van der Waals surface area contributed by atoms with Crippen LogP contribution >= 0.6 is 0 Å². The average molecular weight is 477 g/mol. The van der Waals surface area contributed by atoms with Crippen molar-refractivity contribution in [2.75, 3.05) is 40.3 Å². The first-order valence-corrected chi connectivity index (χ1v) is 11.9. The van der Waals surface area contributed by atoms with Gasteiger partial charge in [0, 0.05) is 24.9 Å². The third kappa shape index (κ3) is 7.07. The lowest BCUT2D eigenvalue weighted by Crippen LogP contribution is -2.34. The van der Waals surface area contributed by atoms with E-state index in [0.29, 0.717) is 36.3 Å². The number of likely N-dealkylation sites (tertiary alicyclic amines) is 2. The number of aryl methyl sites for hydroxylation is 2. The average Bonchev–Trinajstić information content (AvgIpc) is 3.30. The lowest BCUT2D eigenvalue weighted by Gasteiger charge is -2.28. The van der Waals surface area contributed by atoms with Crippen LogP contribution in [0.25, 0.3) is 0 Å². The molecule has 0 aromatic carbocycles. The molecule has 0 amide bonds. The predicted octanol–water partition coefficient (Wildman–Crippen LogP) is 2.88. The van der Waals surface area contributed by atoms with E-state index >= 15 is 0 Å². The van der Waals surface area contributed by atoms with Gasteiger partial charge in [0.1, 0.15) is 13.1 Å². The number of hydrogen-bond donors (Lipinski definition) is 0. The topological polar surface area (TPSA) is 128 Å². The zero-order valence-electron chi connectivity index (χ0n) is 20.6. The van der Waals surface area contributed by atoms with Crippen LogP contribution in [-0.4, -0.2) is 79.5 Å². The molecule has 34 heavy (non-hydrogen) atoms. The van der Waals surface area contributed by atoms with Gasteiger partial charge in [0.25, 0.3) is 0 Å². The molecule has 2 saturated heterocycles. The summed E-state index contributed by atoms with van der Waals surface area (Å²) < 4.78 is 3.08. The molecule has 2 aromatic heterocycles. The van der Waals surface area contributed by atoms with Gasteiger partial charge in [-0.05, 0) is 76.6 Å². The Morgan fingerprint density at radius 2 is 1.21 bits per heavy atom. The van der Waals surface area contributed by atoms with Gasteiger partial charge >= 0.3 is 11.6 Å². The minimum absolute atomic E-state index is 0.107. The molecule has 188 valence electrons. The highest BCUT2D eigenvalue weighted by Gasteiger charge is 2.25. The van der Waals surface area contributed by atoms with Gasteiger partial charge in [-0.25, -0.2) is 0 Å². The highest BCUT2D eigenvalue weighted by molar-refractivity contribution is 5.22. The van der Waals surface area contributed by atoms with Crippen LogP contribution in [0.4, 0.5) is 11.6 Å². The molecule has 2 aromatic rings. The minimum Gasteiger partial charge on any atom is -0.358 e. The van der Waals surface area contributed by atoms with Crippen molar-refractivity contribution in [3.8, 4) is 0 Å². The van der Waals surface area contributed by atoms with Crippen molar-refractivity contribution < 1.29 is 9.85 Å². The summed E-state index contributed by atoms with van der Waals surface area (Å²) >= 11 is 0. The van der Waals surface area contributed by atoms with Gasteiger partial charge in [0.15, 0.2) is 0 Å². The monoisotopic (exact) mass is 476 g/mol. The SMILES string of the molecule is Cc1cc([N+](=O)[O-])n(CC2CCCN(C)C2)n1.Cc1cc([N+](=O)[O-])n(CC2CCCN(C)C2)n1. The second-order valence-electron chi connectivity index (χ2n) is 9.71. The van der Waals surface area contributed by atoms with Gasteiger partial charge in [0.05, 0.1) is 23.5 Å². The van der Waals surface area contributed by atoms with E-state index < -0.39 is 0 Å². The van der Waals surface area contributed by atoms with Crippen LogP contribution in [0.2, 0.25) is 0 Å². The van der Waals surface area contributed by atoms with Gasteiger partial charge in [-0.15, -0.1) is 9.36 Å². The van der Waals surface area contributed by atoms with Gasteiger partial charge < -0.3 is 30.0 Å². The largest absolute Gasteiger partial charge is 0.358 e. The maximum absolute atomic E-state index is 10.9. The molecule has 2 fully saturated rings. The summed E-state index contributed by atoms with van der Waals surface area (Å²) in [5.41, 5.74) is 1.42. The fourth-order valence-electron chi connectivity index (χ4n) is 4.96. The van der Waals surface area contributed by atoms with Crippen LogP contribution in [0.5, 0.6) is 0 Å². The van der Waals surface area contributed by atoms with Gasteiger partial charge in [-0.2, -0.15) is 0 Å². The Kier molecular flexibility index (Phi) is 8.72. The fourth-order valence-corrected chi connectivity index (χ4v) is 4.96. The van der Waals surface area contributed by atoms with Crippen LogP contribution in [0.15, 0.2) is 12.1 Å². The molecular weight excluding hydrogens is 440 g/mol. The molecular formula is C22H36N8O4. The second-order valence-corrected chi connectivity index (χ2v) is 9.71. The lowest BCUT2D eigenvalue weighted by molar-refractivity contribution is -0.393. The lowest BCUT2D eigenvalue weighted by atomic mass is 9.99. The molecule has 0 spiro atoms. The number of aromatic nitrogens is 4. The van der Waals surface area contributed by atoms with Crippen LogP contribution in [0.1, 0.15) is 37.1 Å².